The van der Waals surface area contributed by atoms with Crippen LogP contribution in [-0.4, -0.2) is 23.7 Å². The number of ether oxygens (including phenoxy) is 1. The molecule has 0 unspecified atom stereocenters. The molecule has 1 atom stereocenters. The van der Waals surface area contributed by atoms with Crippen LogP contribution in [0.3, 0.4) is 0 Å². The van der Waals surface area contributed by atoms with Gasteiger partial charge in [-0.3, -0.25) is 4.79 Å². The van der Waals surface area contributed by atoms with Crippen molar-refractivity contribution in [1.29, 1.82) is 0 Å². The van der Waals surface area contributed by atoms with Gasteiger partial charge < -0.3 is 15.6 Å². The number of rotatable bonds is 6. The summed E-state index contributed by atoms with van der Waals surface area (Å²) in [4.78, 5) is 10.5. The van der Waals surface area contributed by atoms with Crippen molar-refractivity contribution in [1.82, 2.24) is 0 Å². The maximum absolute atomic E-state index is 10.5. The first-order valence-corrected chi connectivity index (χ1v) is 5.31. The number of hydrogen-bond donors (Lipinski definition) is 2. The monoisotopic (exact) mass is 223 g/mol. The number of benzene rings is 1. The SMILES string of the molecule is CCOc1ccccc1C[C@@H](N)CC(=O)O. The Kier molecular flexibility index (Phi) is 4.79. The van der Waals surface area contributed by atoms with E-state index in [0.717, 1.165) is 11.3 Å². The maximum Gasteiger partial charge on any atom is 0.304 e. The van der Waals surface area contributed by atoms with Crippen LogP contribution in [0, 0.1) is 0 Å². The van der Waals surface area contributed by atoms with Gasteiger partial charge >= 0.3 is 5.97 Å². The highest BCUT2D eigenvalue weighted by molar-refractivity contribution is 5.67. The summed E-state index contributed by atoms with van der Waals surface area (Å²) in [6, 6.07) is 7.18. The second kappa shape index (κ2) is 6.12. The third-order valence-electron chi connectivity index (χ3n) is 2.19. The number of nitrogens with two attached hydrogens (primary N) is 1. The fraction of sp³-hybridized carbons (Fsp3) is 0.417. The molecule has 1 aromatic carbocycles. The van der Waals surface area contributed by atoms with Crippen LogP contribution in [0.15, 0.2) is 24.3 Å². The lowest BCUT2D eigenvalue weighted by atomic mass is 10.0. The van der Waals surface area contributed by atoms with Gasteiger partial charge in [0, 0.05) is 6.04 Å². The summed E-state index contributed by atoms with van der Waals surface area (Å²) < 4.78 is 5.44. The molecule has 0 radical (unpaired) electrons. The van der Waals surface area contributed by atoms with Gasteiger partial charge in [0.05, 0.1) is 13.0 Å². The molecule has 0 aliphatic rings. The van der Waals surface area contributed by atoms with E-state index in [1.165, 1.54) is 0 Å². The molecule has 0 saturated carbocycles. The lowest BCUT2D eigenvalue weighted by Crippen LogP contribution is -2.26. The quantitative estimate of drug-likeness (QED) is 0.765. The minimum Gasteiger partial charge on any atom is -0.494 e. The topological polar surface area (TPSA) is 72.5 Å². The summed E-state index contributed by atoms with van der Waals surface area (Å²) in [5, 5.41) is 8.62. The second-order valence-electron chi connectivity index (χ2n) is 3.60. The minimum atomic E-state index is -0.874. The fourth-order valence-corrected chi connectivity index (χ4v) is 1.55. The van der Waals surface area contributed by atoms with Gasteiger partial charge in [-0.25, -0.2) is 0 Å². The molecule has 1 aromatic rings. The molecule has 4 heteroatoms. The third-order valence-corrected chi connectivity index (χ3v) is 2.19. The standard InChI is InChI=1S/C12H17NO3/c1-2-16-11-6-4-3-5-9(11)7-10(13)8-12(14)15/h3-6,10H,2,7-8,13H2,1H3,(H,14,15)/t10-/m1/s1. The van der Waals surface area contributed by atoms with Crippen LogP contribution in [-0.2, 0) is 11.2 Å². The molecular weight excluding hydrogens is 206 g/mol. The summed E-state index contributed by atoms with van der Waals surface area (Å²) in [5.74, 6) is -0.0905. The fourth-order valence-electron chi connectivity index (χ4n) is 1.55. The van der Waals surface area contributed by atoms with Gasteiger partial charge in [0.15, 0.2) is 0 Å². The minimum absolute atomic E-state index is 0.0273. The number of hydrogen-bond acceptors (Lipinski definition) is 3. The molecule has 0 saturated heterocycles. The highest BCUT2D eigenvalue weighted by Crippen LogP contribution is 2.19. The Morgan fingerprint density at radius 3 is 2.81 bits per heavy atom. The Morgan fingerprint density at radius 2 is 2.19 bits per heavy atom. The normalized spacial score (nSPS) is 12.1. The lowest BCUT2D eigenvalue weighted by molar-refractivity contribution is -0.137. The summed E-state index contributed by atoms with van der Waals surface area (Å²) >= 11 is 0. The van der Waals surface area contributed by atoms with Crippen molar-refractivity contribution >= 4 is 5.97 Å². The molecular formula is C12H17NO3. The van der Waals surface area contributed by atoms with Gasteiger partial charge in [-0.05, 0) is 25.0 Å². The van der Waals surface area contributed by atoms with Gasteiger partial charge in [0.2, 0.25) is 0 Å². The maximum atomic E-state index is 10.5. The van der Waals surface area contributed by atoms with Crippen molar-refractivity contribution in [2.45, 2.75) is 25.8 Å². The first kappa shape index (κ1) is 12.5. The van der Waals surface area contributed by atoms with E-state index in [4.69, 9.17) is 15.6 Å². The second-order valence-corrected chi connectivity index (χ2v) is 3.60. The third kappa shape index (κ3) is 3.90. The number of para-hydroxylation sites is 1. The Hall–Kier alpha value is -1.55. The van der Waals surface area contributed by atoms with Crippen LogP contribution in [0.2, 0.25) is 0 Å². The molecule has 0 amide bonds. The molecule has 0 aliphatic heterocycles. The van der Waals surface area contributed by atoms with E-state index < -0.39 is 5.97 Å². The zero-order chi connectivity index (χ0) is 12.0. The van der Waals surface area contributed by atoms with Crippen LogP contribution in [0.4, 0.5) is 0 Å². The van der Waals surface area contributed by atoms with Crippen molar-refractivity contribution in [3.63, 3.8) is 0 Å². The van der Waals surface area contributed by atoms with Crippen LogP contribution >= 0.6 is 0 Å². The molecule has 3 N–H and O–H groups in total. The zero-order valence-electron chi connectivity index (χ0n) is 9.35. The van der Waals surface area contributed by atoms with Gasteiger partial charge in [-0.1, -0.05) is 18.2 Å². The van der Waals surface area contributed by atoms with E-state index in [2.05, 4.69) is 0 Å². The number of aliphatic carboxylic acids is 1. The first-order chi connectivity index (χ1) is 7.63. The zero-order valence-corrected chi connectivity index (χ0v) is 9.35. The molecule has 0 aliphatic carbocycles. The molecule has 1 rings (SSSR count). The number of carboxylic acid groups (broad SMARTS) is 1. The molecule has 0 fully saturated rings. The highest BCUT2D eigenvalue weighted by atomic mass is 16.5. The summed E-state index contributed by atoms with van der Waals surface area (Å²) in [6.45, 7) is 2.50. The van der Waals surface area contributed by atoms with Crippen molar-refractivity contribution in [2.24, 2.45) is 5.73 Å². The summed E-state index contributed by atoms with van der Waals surface area (Å²) in [7, 11) is 0. The van der Waals surface area contributed by atoms with Crippen LogP contribution in [0.5, 0.6) is 5.75 Å². The van der Waals surface area contributed by atoms with E-state index in [1.54, 1.807) is 0 Å². The van der Waals surface area contributed by atoms with Crippen LogP contribution < -0.4 is 10.5 Å². The summed E-state index contributed by atoms with van der Waals surface area (Å²) in [5.41, 5.74) is 6.69. The largest absolute Gasteiger partial charge is 0.494 e. The van der Waals surface area contributed by atoms with Crippen molar-refractivity contribution in [3.05, 3.63) is 29.8 Å². The predicted octanol–water partition coefficient (Wildman–Crippen LogP) is 1.43. The average molecular weight is 223 g/mol. The molecule has 0 aromatic heterocycles. The molecule has 88 valence electrons. The number of carbonyl (C=O) groups is 1. The Bertz CT molecular complexity index is 352. The van der Waals surface area contributed by atoms with Gasteiger partial charge in [-0.2, -0.15) is 0 Å². The van der Waals surface area contributed by atoms with Gasteiger partial charge in [0.1, 0.15) is 5.75 Å². The Balaban J connectivity index is 2.68. The average Bonchev–Trinajstić information content (AvgIpc) is 2.20. The Morgan fingerprint density at radius 1 is 1.50 bits per heavy atom. The Labute approximate surface area is 95.0 Å². The van der Waals surface area contributed by atoms with E-state index in [0.29, 0.717) is 13.0 Å². The van der Waals surface area contributed by atoms with Crippen molar-refractivity contribution in [2.75, 3.05) is 6.61 Å². The van der Waals surface area contributed by atoms with Gasteiger partial charge in [-0.15, -0.1) is 0 Å². The molecule has 0 heterocycles. The van der Waals surface area contributed by atoms with E-state index in [9.17, 15) is 4.79 Å². The smallest absolute Gasteiger partial charge is 0.304 e. The van der Waals surface area contributed by atoms with E-state index in [1.807, 2.05) is 31.2 Å². The van der Waals surface area contributed by atoms with Crippen LogP contribution in [0.25, 0.3) is 0 Å². The molecule has 0 spiro atoms. The predicted molar refractivity (Wildman–Crippen MR) is 61.5 cm³/mol. The van der Waals surface area contributed by atoms with Gasteiger partial charge in [0.25, 0.3) is 0 Å². The lowest BCUT2D eigenvalue weighted by Gasteiger charge is -2.13. The van der Waals surface area contributed by atoms with E-state index >= 15 is 0 Å². The molecule has 16 heavy (non-hydrogen) atoms. The molecule has 4 nitrogen and oxygen atoms in total. The highest BCUT2D eigenvalue weighted by Gasteiger charge is 2.11. The summed E-state index contributed by atoms with van der Waals surface area (Å²) in [6.07, 6.45) is 0.489. The first-order valence-electron chi connectivity index (χ1n) is 5.31. The number of carboxylic acids is 1. The van der Waals surface area contributed by atoms with Crippen LogP contribution in [0.1, 0.15) is 18.9 Å². The molecule has 0 bridgehead atoms. The van der Waals surface area contributed by atoms with Crippen molar-refractivity contribution in [3.8, 4) is 5.75 Å². The van der Waals surface area contributed by atoms with E-state index in [-0.39, 0.29) is 12.5 Å². The van der Waals surface area contributed by atoms with Crippen molar-refractivity contribution < 1.29 is 14.6 Å².